The number of carboxylic acids is 1. The van der Waals surface area contributed by atoms with Crippen molar-refractivity contribution in [1.82, 2.24) is 0 Å². The van der Waals surface area contributed by atoms with Crippen LogP contribution in [0.2, 0.25) is 0 Å². The number of benzene rings is 1. The molecular formula is C17H23FO3. The smallest absolute Gasteiger partial charge is 0.307 e. The molecule has 0 aromatic heterocycles. The summed E-state index contributed by atoms with van der Waals surface area (Å²) in [7, 11) is 1.54. The highest BCUT2D eigenvalue weighted by molar-refractivity contribution is 5.72. The minimum absolute atomic E-state index is 0.186. The zero-order valence-corrected chi connectivity index (χ0v) is 12.8. The van der Waals surface area contributed by atoms with Crippen molar-refractivity contribution >= 4 is 5.97 Å². The Morgan fingerprint density at radius 1 is 1.38 bits per heavy atom. The van der Waals surface area contributed by atoms with Gasteiger partial charge in [0.15, 0.2) is 0 Å². The third-order valence-corrected chi connectivity index (χ3v) is 4.74. The number of halogens is 1. The highest BCUT2D eigenvalue weighted by Gasteiger charge is 2.38. The van der Waals surface area contributed by atoms with Crippen LogP contribution >= 0.6 is 0 Å². The third kappa shape index (κ3) is 3.36. The van der Waals surface area contributed by atoms with Crippen LogP contribution in [0.5, 0.6) is 5.75 Å². The summed E-state index contributed by atoms with van der Waals surface area (Å²) in [6.07, 6.45) is 2.33. The van der Waals surface area contributed by atoms with Gasteiger partial charge in [-0.3, -0.25) is 4.79 Å². The zero-order valence-electron chi connectivity index (χ0n) is 12.8. The predicted molar refractivity (Wildman–Crippen MR) is 79.0 cm³/mol. The van der Waals surface area contributed by atoms with Crippen LogP contribution in [0.3, 0.4) is 0 Å². The highest BCUT2D eigenvalue weighted by Crippen LogP contribution is 2.45. The van der Waals surface area contributed by atoms with Gasteiger partial charge in [-0.15, -0.1) is 0 Å². The molecule has 0 heterocycles. The topological polar surface area (TPSA) is 46.5 Å². The molecule has 0 radical (unpaired) electrons. The van der Waals surface area contributed by atoms with E-state index in [9.17, 15) is 14.3 Å². The average Bonchev–Trinajstić information content (AvgIpc) is 2.46. The Kier molecular flexibility index (Phi) is 4.86. The number of hydrogen-bond acceptors (Lipinski definition) is 2. The molecule has 2 rings (SSSR count). The molecule has 1 aromatic rings. The number of ether oxygens (including phenoxy) is 1. The van der Waals surface area contributed by atoms with Gasteiger partial charge in [0.1, 0.15) is 11.6 Å². The molecule has 116 valence electrons. The van der Waals surface area contributed by atoms with Gasteiger partial charge in [-0.2, -0.15) is 0 Å². The molecule has 21 heavy (non-hydrogen) atoms. The summed E-state index contributed by atoms with van der Waals surface area (Å²) in [5.74, 6) is -0.238. The Morgan fingerprint density at radius 3 is 2.67 bits per heavy atom. The Bertz CT molecular complexity index is 513. The van der Waals surface area contributed by atoms with Gasteiger partial charge in [0.25, 0.3) is 0 Å². The second-order valence-corrected chi connectivity index (χ2v) is 6.25. The quantitative estimate of drug-likeness (QED) is 0.910. The van der Waals surface area contributed by atoms with Crippen molar-refractivity contribution in [2.75, 3.05) is 7.11 Å². The number of carboxylic acid groups (broad SMARTS) is 1. The Morgan fingerprint density at radius 2 is 2.10 bits per heavy atom. The van der Waals surface area contributed by atoms with Gasteiger partial charge < -0.3 is 9.84 Å². The first-order chi connectivity index (χ1) is 9.93. The van der Waals surface area contributed by atoms with Crippen LogP contribution in [0, 0.1) is 23.6 Å². The Hall–Kier alpha value is -1.58. The van der Waals surface area contributed by atoms with Crippen molar-refractivity contribution in [1.29, 1.82) is 0 Å². The third-order valence-electron chi connectivity index (χ3n) is 4.74. The van der Waals surface area contributed by atoms with Crippen LogP contribution in [-0.4, -0.2) is 18.2 Å². The van der Waals surface area contributed by atoms with E-state index in [0.29, 0.717) is 29.6 Å². The molecule has 4 heteroatoms. The fourth-order valence-corrected chi connectivity index (χ4v) is 3.44. The van der Waals surface area contributed by atoms with E-state index in [1.807, 2.05) is 0 Å². The van der Waals surface area contributed by atoms with Crippen molar-refractivity contribution in [2.45, 2.75) is 39.0 Å². The summed E-state index contributed by atoms with van der Waals surface area (Å²) >= 11 is 0. The van der Waals surface area contributed by atoms with E-state index >= 15 is 0 Å². The SMILES string of the molecule is COc1ccc(F)cc1C1CC(C(C)C)CCC1C(=O)O. The molecular weight excluding hydrogens is 271 g/mol. The number of hydrogen-bond donors (Lipinski definition) is 1. The lowest BCUT2D eigenvalue weighted by atomic mass is 9.68. The maximum absolute atomic E-state index is 13.6. The standard InChI is InChI=1S/C17H23FO3/c1-10(2)11-4-6-13(17(19)20)14(8-11)15-9-12(18)5-7-16(15)21-3/h5,7,9-11,13-14H,4,6,8H2,1-3H3,(H,19,20). The first kappa shape index (κ1) is 15.8. The monoisotopic (exact) mass is 294 g/mol. The molecule has 0 bridgehead atoms. The van der Waals surface area contributed by atoms with Crippen molar-refractivity contribution in [3.63, 3.8) is 0 Å². The van der Waals surface area contributed by atoms with Gasteiger partial charge in [0, 0.05) is 11.5 Å². The van der Waals surface area contributed by atoms with E-state index in [1.54, 1.807) is 6.07 Å². The molecule has 0 saturated heterocycles. The van der Waals surface area contributed by atoms with Crippen LogP contribution in [0.1, 0.15) is 44.6 Å². The van der Waals surface area contributed by atoms with E-state index in [-0.39, 0.29) is 11.7 Å². The van der Waals surface area contributed by atoms with E-state index in [2.05, 4.69) is 13.8 Å². The molecule has 1 N–H and O–H groups in total. The van der Waals surface area contributed by atoms with Crippen molar-refractivity contribution < 1.29 is 19.0 Å². The molecule has 3 nitrogen and oxygen atoms in total. The van der Waals surface area contributed by atoms with Crippen molar-refractivity contribution in [3.8, 4) is 5.75 Å². The lowest BCUT2D eigenvalue weighted by Gasteiger charge is -2.36. The number of carbonyl (C=O) groups is 1. The maximum atomic E-state index is 13.6. The summed E-state index contributed by atoms with van der Waals surface area (Å²) < 4.78 is 18.9. The summed E-state index contributed by atoms with van der Waals surface area (Å²) in [5.41, 5.74) is 0.690. The van der Waals surface area contributed by atoms with E-state index < -0.39 is 11.9 Å². The molecule has 1 aliphatic carbocycles. The fourth-order valence-electron chi connectivity index (χ4n) is 3.44. The highest BCUT2D eigenvalue weighted by atomic mass is 19.1. The molecule has 3 unspecified atom stereocenters. The van der Waals surface area contributed by atoms with Gasteiger partial charge in [-0.25, -0.2) is 4.39 Å². The molecule has 1 fully saturated rings. The van der Waals surface area contributed by atoms with Gasteiger partial charge >= 0.3 is 5.97 Å². The van der Waals surface area contributed by atoms with Crippen LogP contribution in [0.25, 0.3) is 0 Å². The van der Waals surface area contributed by atoms with Crippen molar-refractivity contribution in [3.05, 3.63) is 29.6 Å². The Labute approximate surface area is 125 Å². The Balaban J connectivity index is 2.39. The normalized spacial score (nSPS) is 25.9. The van der Waals surface area contributed by atoms with E-state index in [4.69, 9.17) is 4.74 Å². The lowest BCUT2D eigenvalue weighted by molar-refractivity contribution is -0.144. The molecule has 1 aromatic carbocycles. The van der Waals surface area contributed by atoms with Gasteiger partial charge in [0.05, 0.1) is 13.0 Å². The minimum Gasteiger partial charge on any atom is -0.496 e. The number of rotatable bonds is 4. The second-order valence-electron chi connectivity index (χ2n) is 6.25. The van der Waals surface area contributed by atoms with Crippen LogP contribution in [0.4, 0.5) is 4.39 Å². The molecule has 1 aliphatic rings. The summed E-state index contributed by atoms with van der Waals surface area (Å²) in [6, 6.07) is 4.37. The second kappa shape index (κ2) is 6.46. The van der Waals surface area contributed by atoms with Crippen LogP contribution in [-0.2, 0) is 4.79 Å². The molecule has 3 atom stereocenters. The average molecular weight is 294 g/mol. The van der Waals surface area contributed by atoms with Crippen LogP contribution < -0.4 is 4.74 Å². The van der Waals surface area contributed by atoms with Crippen molar-refractivity contribution in [2.24, 2.45) is 17.8 Å². The van der Waals surface area contributed by atoms with Gasteiger partial charge in [-0.05, 0) is 49.3 Å². The molecule has 0 amide bonds. The summed E-state index contributed by atoms with van der Waals surface area (Å²) in [6.45, 7) is 4.32. The van der Waals surface area contributed by atoms with Crippen LogP contribution in [0.15, 0.2) is 18.2 Å². The van der Waals surface area contributed by atoms with E-state index in [0.717, 1.165) is 12.8 Å². The minimum atomic E-state index is -0.798. The largest absolute Gasteiger partial charge is 0.496 e. The fraction of sp³-hybridized carbons (Fsp3) is 0.588. The lowest BCUT2D eigenvalue weighted by Crippen LogP contribution is -2.31. The zero-order chi connectivity index (χ0) is 15.6. The van der Waals surface area contributed by atoms with E-state index in [1.165, 1.54) is 19.2 Å². The number of aliphatic carboxylic acids is 1. The first-order valence-electron chi connectivity index (χ1n) is 7.50. The molecule has 0 spiro atoms. The summed E-state index contributed by atoms with van der Waals surface area (Å²) in [5, 5.41) is 9.49. The predicted octanol–water partition coefficient (Wildman–Crippen LogP) is 4.07. The molecule has 0 aliphatic heterocycles. The molecule has 1 saturated carbocycles. The summed E-state index contributed by atoms with van der Waals surface area (Å²) in [4.78, 5) is 11.6. The number of methoxy groups -OCH3 is 1. The van der Waals surface area contributed by atoms with Gasteiger partial charge in [-0.1, -0.05) is 13.8 Å². The van der Waals surface area contributed by atoms with Gasteiger partial charge in [0.2, 0.25) is 0 Å². The first-order valence-corrected chi connectivity index (χ1v) is 7.50. The maximum Gasteiger partial charge on any atom is 0.307 e.